The fourth-order valence-electron chi connectivity index (χ4n) is 3.05. The molecule has 0 bridgehead atoms. The number of rotatable bonds is 5. The smallest absolute Gasteiger partial charge is 0.220 e. The first-order chi connectivity index (χ1) is 9.81. The summed E-state index contributed by atoms with van der Waals surface area (Å²) in [5, 5.41) is 3.20. The van der Waals surface area contributed by atoms with Crippen LogP contribution in [-0.4, -0.2) is 36.0 Å². The van der Waals surface area contributed by atoms with Gasteiger partial charge < -0.3 is 10.2 Å². The van der Waals surface area contributed by atoms with Crippen molar-refractivity contribution in [2.24, 2.45) is 0 Å². The molecule has 1 heterocycles. The van der Waals surface area contributed by atoms with Gasteiger partial charge in [-0.25, -0.2) is 0 Å². The van der Waals surface area contributed by atoms with Crippen LogP contribution in [0.4, 0.5) is 0 Å². The number of nitrogens with one attached hydrogen (secondary N) is 1. The van der Waals surface area contributed by atoms with Crippen LogP contribution < -0.4 is 5.32 Å². The first-order valence-electron chi connectivity index (χ1n) is 7.88. The number of hydrogen-bond acceptors (Lipinski definition) is 2. The van der Waals surface area contributed by atoms with E-state index in [2.05, 4.69) is 22.3 Å². The summed E-state index contributed by atoms with van der Waals surface area (Å²) in [6.45, 7) is 2.32. The van der Waals surface area contributed by atoms with E-state index < -0.39 is 0 Å². The van der Waals surface area contributed by atoms with Gasteiger partial charge in [0.25, 0.3) is 0 Å². The zero-order valence-electron chi connectivity index (χ0n) is 12.1. The van der Waals surface area contributed by atoms with Crippen molar-refractivity contribution in [1.29, 1.82) is 0 Å². The minimum atomic E-state index is 0.207. The molecule has 0 radical (unpaired) electrons. The monoisotopic (exact) mass is 272 g/mol. The van der Waals surface area contributed by atoms with Gasteiger partial charge in [0.15, 0.2) is 0 Å². The van der Waals surface area contributed by atoms with Gasteiger partial charge in [-0.05, 0) is 37.7 Å². The summed E-state index contributed by atoms with van der Waals surface area (Å²) in [6, 6.07) is 11.5. The maximum Gasteiger partial charge on any atom is 0.220 e. The number of carbonyl (C=O) groups is 1. The van der Waals surface area contributed by atoms with Gasteiger partial charge in [0.2, 0.25) is 5.91 Å². The summed E-state index contributed by atoms with van der Waals surface area (Å²) < 4.78 is 0. The quantitative estimate of drug-likeness (QED) is 0.892. The van der Waals surface area contributed by atoms with E-state index in [4.69, 9.17) is 0 Å². The van der Waals surface area contributed by atoms with E-state index in [0.29, 0.717) is 12.5 Å². The molecule has 108 valence electrons. The third kappa shape index (κ3) is 3.83. The van der Waals surface area contributed by atoms with Gasteiger partial charge in [-0.15, -0.1) is 0 Å². The zero-order valence-corrected chi connectivity index (χ0v) is 12.1. The molecule has 0 unspecified atom stereocenters. The second kappa shape index (κ2) is 6.40. The lowest BCUT2D eigenvalue weighted by Crippen LogP contribution is -2.45. The van der Waals surface area contributed by atoms with Crippen LogP contribution in [0.2, 0.25) is 0 Å². The van der Waals surface area contributed by atoms with E-state index >= 15 is 0 Å². The SMILES string of the molecule is O=C(CCc1ccccc1)NC1CCN(C2CC2)CC1. The molecule has 3 nitrogen and oxygen atoms in total. The van der Waals surface area contributed by atoms with Crippen molar-refractivity contribution in [3.63, 3.8) is 0 Å². The molecular weight excluding hydrogens is 248 g/mol. The number of piperidine rings is 1. The standard InChI is InChI=1S/C17H24N2O/c20-17(9-6-14-4-2-1-3-5-14)18-15-10-12-19(13-11-15)16-7-8-16/h1-5,15-16H,6-13H2,(H,18,20). The molecule has 0 spiro atoms. The predicted octanol–water partition coefficient (Wildman–Crippen LogP) is 2.36. The van der Waals surface area contributed by atoms with E-state index in [-0.39, 0.29) is 5.91 Å². The van der Waals surface area contributed by atoms with Crippen molar-refractivity contribution < 1.29 is 4.79 Å². The second-order valence-electron chi connectivity index (χ2n) is 6.09. The van der Waals surface area contributed by atoms with Crippen LogP contribution in [0.25, 0.3) is 0 Å². The normalized spacial score (nSPS) is 20.8. The van der Waals surface area contributed by atoms with Gasteiger partial charge in [0.1, 0.15) is 0 Å². The van der Waals surface area contributed by atoms with Crippen molar-refractivity contribution in [2.45, 2.75) is 50.6 Å². The Labute approximate surface area is 121 Å². The van der Waals surface area contributed by atoms with Gasteiger partial charge in [-0.3, -0.25) is 4.79 Å². The van der Waals surface area contributed by atoms with Crippen LogP contribution >= 0.6 is 0 Å². The van der Waals surface area contributed by atoms with E-state index in [0.717, 1.165) is 38.4 Å². The number of amides is 1. The fourth-order valence-corrected chi connectivity index (χ4v) is 3.05. The van der Waals surface area contributed by atoms with E-state index in [1.54, 1.807) is 0 Å². The second-order valence-corrected chi connectivity index (χ2v) is 6.09. The molecule has 1 saturated carbocycles. The lowest BCUT2D eigenvalue weighted by atomic mass is 10.0. The molecule has 2 aliphatic rings. The largest absolute Gasteiger partial charge is 0.353 e. The highest BCUT2D eigenvalue weighted by Crippen LogP contribution is 2.29. The van der Waals surface area contributed by atoms with Crippen molar-refractivity contribution in [1.82, 2.24) is 10.2 Å². The molecule has 0 aromatic heterocycles. The van der Waals surface area contributed by atoms with Crippen molar-refractivity contribution in [3.8, 4) is 0 Å². The van der Waals surface area contributed by atoms with Gasteiger partial charge in [0, 0.05) is 31.6 Å². The van der Waals surface area contributed by atoms with Crippen LogP contribution in [0.1, 0.15) is 37.7 Å². The number of carbonyl (C=O) groups excluding carboxylic acids is 1. The Morgan fingerprint density at radius 2 is 1.80 bits per heavy atom. The molecule has 1 amide bonds. The average Bonchev–Trinajstić information content (AvgIpc) is 3.32. The molecule has 1 aromatic rings. The molecule has 1 aliphatic carbocycles. The Bertz CT molecular complexity index is 434. The molecule has 3 heteroatoms. The number of benzene rings is 1. The number of likely N-dealkylation sites (tertiary alicyclic amines) is 1. The zero-order chi connectivity index (χ0) is 13.8. The van der Waals surface area contributed by atoms with Gasteiger partial charge in [-0.2, -0.15) is 0 Å². The third-order valence-electron chi connectivity index (χ3n) is 4.44. The summed E-state index contributed by atoms with van der Waals surface area (Å²) in [5.41, 5.74) is 1.24. The molecule has 2 fully saturated rings. The topological polar surface area (TPSA) is 32.3 Å². The first-order valence-corrected chi connectivity index (χ1v) is 7.88. The number of nitrogens with zero attached hydrogens (tertiary/aromatic N) is 1. The van der Waals surface area contributed by atoms with E-state index in [9.17, 15) is 4.79 Å². The Hall–Kier alpha value is -1.35. The molecule has 1 aromatic carbocycles. The van der Waals surface area contributed by atoms with Crippen LogP contribution in [0.15, 0.2) is 30.3 Å². The molecule has 3 rings (SSSR count). The Morgan fingerprint density at radius 1 is 1.10 bits per heavy atom. The summed E-state index contributed by atoms with van der Waals surface area (Å²) in [4.78, 5) is 14.6. The summed E-state index contributed by atoms with van der Waals surface area (Å²) in [6.07, 6.45) is 6.45. The van der Waals surface area contributed by atoms with Gasteiger partial charge in [-0.1, -0.05) is 30.3 Å². The maximum atomic E-state index is 12.0. The molecular formula is C17H24N2O. The summed E-state index contributed by atoms with van der Waals surface area (Å²) >= 11 is 0. The van der Waals surface area contributed by atoms with Gasteiger partial charge >= 0.3 is 0 Å². The Balaban J connectivity index is 1.36. The van der Waals surface area contributed by atoms with E-state index in [1.807, 2.05) is 18.2 Å². The minimum Gasteiger partial charge on any atom is -0.353 e. The Kier molecular flexibility index (Phi) is 4.36. The van der Waals surface area contributed by atoms with Crippen molar-refractivity contribution in [2.75, 3.05) is 13.1 Å². The first kappa shape index (κ1) is 13.6. The van der Waals surface area contributed by atoms with E-state index in [1.165, 1.54) is 18.4 Å². The highest BCUT2D eigenvalue weighted by molar-refractivity contribution is 5.76. The predicted molar refractivity (Wildman–Crippen MR) is 80.5 cm³/mol. The lowest BCUT2D eigenvalue weighted by Gasteiger charge is -2.32. The summed E-state index contributed by atoms with van der Waals surface area (Å²) in [7, 11) is 0. The molecule has 0 atom stereocenters. The molecule has 1 N–H and O–H groups in total. The van der Waals surface area contributed by atoms with Gasteiger partial charge in [0.05, 0.1) is 0 Å². The number of hydrogen-bond donors (Lipinski definition) is 1. The van der Waals surface area contributed by atoms with Crippen LogP contribution in [-0.2, 0) is 11.2 Å². The minimum absolute atomic E-state index is 0.207. The Morgan fingerprint density at radius 3 is 2.45 bits per heavy atom. The maximum absolute atomic E-state index is 12.0. The van der Waals surface area contributed by atoms with Crippen molar-refractivity contribution >= 4 is 5.91 Å². The summed E-state index contributed by atoms with van der Waals surface area (Å²) in [5.74, 6) is 0.207. The van der Waals surface area contributed by atoms with Crippen LogP contribution in [0.5, 0.6) is 0 Å². The lowest BCUT2D eigenvalue weighted by molar-refractivity contribution is -0.122. The van der Waals surface area contributed by atoms with Crippen LogP contribution in [0, 0.1) is 0 Å². The van der Waals surface area contributed by atoms with Crippen LogP contribution in [0.3, 0.4) is 0 Å². The highest BCUT2D eigenvalue weighted by Gasteiger charge is 2.31. The molecule has 20 heavy (non-hydrogen) atoms. The third-order valence-corrected chi connectivity index (χ3v) is 4.44. The molecule has 1 saturated heterocycles. The number of aryl methyl sites for hydroxylation is 1. The average molecular weight is 272 g/mol. The van der Waals surface area contributed by atoms with Crippen molar-refractivity contribution in [3.05, 3.63) is 35.9 Å². The fraction of sp³-hybridized carbons (Fsp3) is 0.588. The highest BCUT2D eigenvalue weighted by atomic mass is 16.1. The molecule has 1 aliphatic heterocycles.